The van der Waals surface area contributed by atoms with Gasteiger partial charge in [-0.2, -0.15) is 4.31 Å². The number of carbonyl (C=O) groups excluding carboxylic acids is 1. The highest BCUT2D eigenvalue weighted by Gasteiger charge is 2.32. The Balaban J connectivity index is 1.73. The van der Waals surface area contributed by atoms with Gasteiger partial charge in [0.25, 0.3) is 5.91 Å². The van der Waals surface area contributed by atoms with Gasteiger partial charge in [0.15, 0.2) is 5.69 Å². The van der Waals surface area contributed by atoms with Crippen molar-refractivity contribution in [2.75, 3.05) is 19.6 Å². The lowest BCUT2D eigenvalue weighted by atomic mass is 9.97. The topological polar surface area (TPSA) is 92.5 Å². The van der Waals surface area contributed by atoms with Gasteiger partial charge in [-0.3, -0.25) is 4.79 Å². The molecule has 1 unspecified atom stereocenters. The molecule has 1 aromatic carbocycles. The van der Waals surface area contributed by atoms with E-state index in [1.54, 1.807) is 36.4 Å². The average Bonchev–Trinajstić information content (AvgIpc) is 3.17. The first-order valence-corrected chi connectivity index (χ1v) is 10.3. The van der Waals surface area contributed by atoms with Crippen molar-refractivity contribution in [2.45, 2.75) is 37.0 Å². The van der Waals surface area contributed by atoms with Crippen LogP contribution in [0, 0.1) is 0 Å². The molecule has 2 heterocycles. The third kappa shape index (κ3) is 3.96. The van der Waals surface area contributed by atoms with Gasteiger partial charge in [0, 0.05) is 31.6 Å². The highest BCUT2D eigenvalue weighted by atomic mass is 32.2. The molecule has 0 bridgehead atoms. The molecule has 26 heavy (non-hydrogen) atoms. The van der Waals surface area contributed by atoms with Gasteiger partial charge in [0.1, 0.15) is 5.76 Å². The summed E-state index contributed by atoms with van der Waals surface area (Å²) in [4.78, 5) is 12.3. The number of aromatic nitrogens is 1. The van der Waals surface area contributed by atoms with Crippen LogP contribution >= 0.6 is 0 Å². The third-order valence-corrected chi connectivity index (χ3v) is 6.34. The second-order valence-electron chi connectivity index (χ2n) is 6.39. The summed E-state index contributed by atoms with van der Waals surface area (Å²) in [5, 5.41) is 6.59. The summed E-state index contributed by atoms with van der Waals surface area (Å²) in [7, 11) is -3.53. The maximum Gasteiger partial charge on any atom is 0.273 e. The Kier molecular flexibility index (Phi) is 5.73. The standard InChI is InChI=1S/C18H23N3O4S/c1-2-10-19-18(22)16-12-17(25-20-16)14-7-6-11-21(13-14)26(23,24)15-8-4-3-5-9-15/h3-5,8-9,12,14H,2,6-7,10-11,13H2,1H3,(H,19,22). The molecule has 1 atom stereocenters. The monoisotopic (exact) mass is 377 g/mol. The molecule has 0 saturated carbocycles. The summed E-state index contributed by atoms with van der Waals surface area (Å²) in [5.41, 5.74) is 0.233. The quantitative estimate of drug-likeness (QED) is 0.834. The van der Waals surface area contributed by atoms with E-state index in [0.29, 0.717) is 25.4 Å². The van der Waals surface area contributed by atoms with Crippen LogP contribution in [0.25, 0.3) is 0 Å². The minimum atomic E-state index is -3.53. The lowest BCUT2D eigenvalue weighted by Crippen LogP contribution is -2.39. The maximum atomic E-state index is 12.8. The number of nitrogens with one attached hydrogen (secondary N) is 1. The van der Waals surface area contributed by atoms with Crippen LogP contribution in [0.4, 0.5) is 0 Å². The largest absolute Gasteiger partial charge is 0.360 e. The van der Waals surface area contributed by atoms with E-state index in [1.165, 1.54) is 4.31 Å². The van der Waals surface area contributed by atoms with E-state index in [-0.39, 0.29) is 22.4 Å². The fraction of sp³-hybridized carbons (Fsp3) is 0.444. The normalized spacial score (nSPS) is 18.6. The number of benzene rings is 1. The van der Waals surface area contributed by atoms with Crippen LogP contribution in [0.1, 0.15) is 48.4 Å². The van der Waals surface area contributed by atoms with Crippen LogP contribution < -0.4 is 5.32 Å². The predicted molar refractivity (Wildman–Crippen MR) is 96.3 cm³/mol. The number of amides is 1. The third-order valence-electron chi connectivity index (χ3n) is 4.46. The minimum Gasteiger partial charge on any atom is -0.360 e. The highest BCUT2D eigenvalue weighted by Crippen LogP contribution is 2.30. The Morgan fingerprint density at radius 3 is 2.85 bits per heavy atom. The molecule has 0 spiro atoms. The van der Waals surface area contributed by atoms with E-state index in [9.17, 15) is 13.2 Å². The molecule has 1 N–H and O–H groups in total. The first-order valence-electron chi connectivity index (χ1n) is 8.82. The van der Waals surface area contributed by atoms with Crippen molar-refractivity contribution in [3.05, 3.63) is 47.9 Å². The van der Waals surface area contributed by atoms with Crippen LogP contribution in [0.3, 0.4) is 0 Å². The van der Waals surface area contributed by atoms with Gasteiger partial charge in [-0.25, -0.2) is 8.42 Å². The fourth-order valence-electron chi connectivity index (χ4n) is 3.05. The number of carbonyl (C=O) groups is 1. The molecule has 0 aliphatic carbocycles. The Bertz CT molecular complexity index is 848. The molecule has 1 aromatic heterocycles. The number of rotatable bonds is 6. The first kappa shape index (κ1) is 18.6. The van der Waals surface area contributed by atoms with Crippen molar-refractivity contribution >= 4 is 15.9 Å². The lowest BCUT2D eigenvalue weighted by Gasteiger charge is -2.30. The van der Waals surface area contributed by atoms with E-state index in [4.69, 9.17) is 4.52 Å². The van der Waals surface area contributed by atoms with E-state index < -0.39 is 10.0 Å². The van der Waals surface area contributed by atoms with Gasteiger partial charge in [0.2, 0.25) is 10.0 Å². The Morgan fingerprint density at radius 1 is 1.35 bits per heavy atom. The molecule has 1 saturated heterocycles. The van der Waals surface area contributed by atoms with Gasteiger partial charge in [0.05, 0.1) is 4.90 Å². The predicted octanol–water partition coefficient (Wildman–Crippen LogP) is 2.38. The Morgan fingerprint density at radius 2 is 2.12 bits per heavy atom. The Labute approximate surface area is 153 Å². The zero-order valence-electron chi connectivity index (χ0n) is 14.7. The SMILES string of the molecule is CCCNC(=O)c1cc(C2CCCN(S(=O)(=O)c3ccccc3)C2)on1. The fourth-order valence-corrected chi connectivity index (χ4v) is 4.60. The van der Waals surface area contributed by atoms with Crippen molar-refractivity contribution in [2.24, 2.45) is 0 Å². The smallest absolute Gasteiger partial charge is 0.273 e. The van der Waals surface area contributed by atoms with Gasteiger partial charge >= 0.3 is 0 Å². The number of hydrogen-bond donors (Lipinski definition) is 1. The molecular weight excluding hydrogens is 354 g/mol. The van der Waals surface area contributed by atoms with Crippen LogP contribution in [-0.4, -0.2) is 43.4 Å². The first-order chi connectivity index (χ1) is 12.5. The summed E-state index contributed by atoms with van der Waals surface area (Å²) in [6.45, 7) is 3.35. The summed E-state index contributed by atoms with van der Waals surface area (Å²) < 4.78 is 32.4. The summed E-state index contributed by atoms with van der Waals surface area (Å²) in [6, 6.07) is 10.0. The van der Waals surface area contributed by atoms with E-state index in [0.717, 1.165) is 19.3 Å². The summed E-state index contributed by atoms with van der Waals surface area (Å²) in [5.74, 6) is 0.175. The zero-order chi connectivity index (χ0) is 18.6. The minimum absolute atomic E-state index is 0.109. The molecule has 3 rings (SSSR count). The van der Waals surface area contributed by atoms with Crippen LogP contribution in [-0.2, 0) is 10.0 Å². The number of piperidine rings is 1. The van der Waals surface area contributed by atoms with E-state index in [1.807, 2.05) is 6.92 Å². The second kappa shape index (κ2) is 8.01. The van der Waals surface area contributed by atoms with Gasteiger partial charge in [-0.15, -0.1) is 0 Å². The zero-order valence-corrected chi connectivity index (χ0v) is 15.5. The number of nitrogens with zero attached hydrogens (tertiary/aromatic N) is 2. The van der Waals surface area contributed by atoms with Crippen molar-refractivity contribution in [3.63, 3.8) is 0 Å². The lowest BCUT2D eigenvalue weighted by molar-refractivity contribution is 0.0944. The van der Waals surface area contributed by atoms with Gasteiger partial charge in [-0.1, -0.05) is 30.3 Å². The Hall–Kier alpha value is -2.19. The average molecular weight is 377 g/mol. The van der Waals surface area contributed by atoms with Crippen LogP contribution in [0.2, 0.25) is 0 Å². The van der Waals surface area contributed by atoms with E-state index >= 15 is 0 Å². The van der Waals surface area contributed by atoms with Crippen LogP contribution in [0.5, 0.6) is 0 Å². The van der Waals surface area contributed by atoms with Crippen molar-refractivity contribution in [1.82, 2.24) is 14.8 Å². The molecule has 0 radical (unpaired) electrons. The van der Waals surface area contributed by atoms with Gasteiger partial charge < -0.3 is 9.84 Å². The van der Waals surface area contributed by atoms with Crippen molar-refractivity contribution in [3.8, 4) is 0 Å². The molecule has 2 aromatic rings. The van der Waals surface area contributed by atoms with Crippen molar-refractivity contribution in [1.29, 1.82) is 0 Å². The molecule has 1 aliphatic rings. The molecule has 1 amide bonds. The number of sulfonamides is 1. The van der Waals surface area contributed by atoms with Crippen LogP contribution in [0.15, 0.2) is 45.8 Å². The van der Waals surface area contributed by atoms with E-state index in [2.05, 4.69) is 10.5 Å². The molecule has 140 valence electrons. The summed E-state index contributed by atoms with van der Waals surface area (Å²) >= 11 is 0. The molecular formula is C18H23N3O4S. The molecule has 1 fully saturated rings. The highest BCUT2D eigenvalue weighted by molar-refractivity contribution is 7.89. The van der Waals surface area contributed by atoms with Gasteiger partial charge in [-0.05, 0) is 31.4 Å². The molecule has 7 nitrogen and oxygen atoms in total. The summed E-state index contributed by atoms with van der Waals surface area (Å²) in [6.07, 6.45) is 2.37. The maximum absolute atomic E-state index is 12.8. The second-order valence-corrected chi connectivity index (χ2v) is 8.32. The number of hydrogen-bond acceptors (Lipinski definition) is 5. The molecule has 1 aliphatic heterocycles. The van der Waals surface area contributed by atoms with Crippen molar-refractivity contribution < 1.29 is 17.7 Å². The molecule has 8 heteroatoms.